The maximum atomic E-state index is 13.3. The van der Waals surface area contributed by atoms with Crippen LogP contribution in [0.15, 0.2) is 133 Å². The van der Waals surface area contributed by atoms with Crippen molar-refractivity contribution in [2.24, 2.45) is 0 Å². The first kappa shape index (κ1) is 41.3. The molecule has 0 aliphatic heterocycles. The molecule has 0 saturated heterocycles. The number of hydrogen-bond acceptors (Lipinski definition) is 6. The summed E-state index contributed by atoms with van der Waals surface area (Å²) in [5.41, 5.74) is -0.169. The largest absolute Gasteiger partial charge is 0.489 e. The van der Waals surface area contributed by atoms with Crippen LogP contribution in [0.1, 0.15) is 65.5 Å². The molecular formula is C46H52ClNO6Si. The number of ether oxygens (including phenoxy) is 3. The quantitative estimate of drug-likeness (QED) is 0.0794. The molecule has 0 aromatic heterocycles. The molecular weight excluding hydrogens is 726 g/mol. The maximum Gasteiger partial charge on any atom is 0.408 e. The van der Waals surface area contributed by atoms with E-state index < -0.39 is 25.6 Å². The van der Waals surface area contributed by atoms with Gasteiger partial charge in [-0.1, -0.05) is 136 Å². The second-order valence-electron chi connectivity index (χ2n) is 15.8. The fraction of sp³-hybridized carbons (Fsp3) is 0.304. The lowest BCUT2D eigenvalue weighted by Crippen LogP contribution is -2.68. The third-order valence-corrected chi connectivity index (χ3v) is 14.7. The van der Waals surface area contributed by atoms with Crippen LogP contribution in [-0.2, 0) is 27.0 Å². The third kappa shape index (κ3) is 11.1. The molecule has 7 nitrogen and oxygen atoms in total. The van der Waals surface area contributed by atoms with Crippen molar-refractivity contribution in [2.75, 3.05) is 6.61 Å². The first-order chi connectivity index (χ1) is 26.2. The minimum Gasteiger partial charge on any atom is -0.489 e. The van der Waals surface area contributed by atoms with Gasteiger partial charge in [-0.2, -0.15) is 0 Å². The van der Waals surface area contributed by atoms with Crippen LogP contribution in [0.5, 0.6) is 17.2 Å². The van der Waals surface area contributed by atoms with Crippen LogP contribution in [-0.4, -0.2) is 38.4 Å². The number of amides is 1. The van der Waals surface area contributed by atoms with E-state index in [1.54, 1.807) is 26.8 Å². The van der Waals surface area contributed by atoms with Crippen LogP contribution in [0, 0.1) is 0 Å². The van der Waals surface area contributed by atoms with Gasteiger partial charge in [0.25, 0.3) is 8.32 Å². The molecule has 0 saturated carbocycles. The van der Waals surface area contributed by atoms with Gasteiger partial charge in [0.05, 0.1) is 6.61 Å². The van der Waals surface area contributed by atoms with E-state index >= 15 is 0 Å². The van der Waals surface area contributed by atoms with Gasteiger partial charge in [0.2, 0.25) is 0 Å². The van der Waals surface area contributed by atoms with E-state index in [4.69, 9.17) is 30.2 Å². The summed E-state index contributed by atoms with van der Waals surface area (Å²) in [6.07, 6.45) is 1.48. The van der Waals surface area contributed by atoms with Crippen molar-refractivity contribution in [2.45, 2.75) is 83.6 Å². The van der Waals surface area contributed by atoms with Crippen molar-refractivity contribution in [3.05, 3.63) is 150 Å². The Kier molecular flexibility index (Phi) is 13.6. The Morgan fingerprint density at radius 2 is 1.31 bits per heavy atom. The fourth-order valence-corrected chi connectivity index (χ4v) is 11.6. The highest BCUT2D eigenvalue weighted by atomic mass is 35.5. The number of aldehydes is 1. The number of benzene rings is 5. The van der Waals surface area contributed by atoms with Crippen molar-refractivity contribution in [1.82, 2.24) is 5.32 Å². The lowest BCUT2D eigenvalue weighted by atomic mass is 9.93. The van der Waals surface area contributed by atoms with Crippen molar-refractivity contribution in [3.8, 4) is 17.2 Å². The average Bonchev–Trinajstić information content (AvgIpc) is 3.15. The van der Waals surface area contributed by atoms with Crippen molar-refractivity contribution in [3.63, 3.8) is 0 Å². The van der Waals surface area contributed by atoms with Crippen LogP contribution in [0.4, 0.5) is 4.79 Å². The van der Waals surface area contributed by atoms with Crippen LogP contribution in [0.25, 0.3) is 0 Å². The molecule has 1 amide bonds. The highest BCUT2D eigenvalue weighted by molar-refractivity contribution is 6.99. The molecule has 1 unspecified atom stereocenters. The summed E-state index contributed by atoms with van der Waals surface area (Å²) < 4.78 is 25.0. The number of aryl methyl sites for hydroxylation is 1. The van der Waals surface area contributed by atoms with Gasteiger partial charge >= 0.3 is 6.09 Å². The van der Waals surface area contributed by atoms with E-state index in [0.717, 1.165) is 27.8 Å². The molecule has 1 N–H and O–H groups in total. The predicted octanol–water partition coefficient (Wildman–Crippen LogP) is 10.1. The van der Waals surface area contributed by atoms with E-state index in [1.165, 1.54) is 0 Å². The van der Waals surface area contributed by atoms with Crippen molar-refractivity contribution in [1.29, 1.82) is 0 Å². The molecule has 55 heavy (non-hydrogen) atoms. The van der Waals surface area contributed by atoms with Crippen LogP contribution in [0.2, 0.25) is 10.1 Å². The Morgan fingerprint density at radius 3 is 1.87 bits per heavy atom. The monoisotopic (exact) mass is 777 g/mol. The molecule has 0 spiro atoms. The Morgan fingerprint density at radius 1 is 0.727 bits per heavy atom. The minimum absolute atomic E-state index is 0.0440. The normalized spacial score (nSPS) is 13.0. The molecule has 5 aromatic rings. The van der Waals surface area contributed by atoms with Crippen LogP contribution < -0.4 is 25.2 Å². The first-order valence-electron chi connectivity index (χ1n) is 18.7. The van der Waals surface area contributed by atoms with Gasteiger partial charge in [0.15, 0.2) is 0 Å². The highest BCUT2D eigenvalue weighted by Crippen LogP contribution is 2.38. The average molecular weight is 778 g/mol. The summed E-state index contributed by atoms with van der Waals surface area (Å²) in [4.78, 5) is 26.6. The number of halogens is 1. The summed E-state index contributed by atoms with van der Waals surface area (Å²) in [6.45, 7) is 12.3. The number of rotatable bonds is 16. The molecule has 288 valence electrons. The van der Waals surface area contributed by atoms with Gasteiger partial charge in [0, 0.05) is 11.1 Å². The number of carbonyl (C=O) groups excluding carboxylic acids is 2. The zero-order chi connectivity index (χ0) is 39.5. The summed E-state index contributed by atoms with van der Waals surface area (Å²) >= 11 is 6.81. The number of hydrogen-bond donors (Lipinski definition) is 1. The molecule has 0 aliphatic rings. The minimum atomic E-state index is -3.04. The number of nitrogens with one attached hydrogen (secondary N) is 1. The Bertz CT molecular complexity index is 1960. The number of alkyl carbamates (subject to hydrolysis) is 1. The highest BCUT2D eigenvalue weighted by Gasteiger charge is 2.51. The fourth-order valence-electron chi connectivity index (χ4n) is 6.69. The predicted molar refractivity (Wildman–Crippen MR) is 223 cm³/mol. The Balaban J connectivity index is 1.33. The summed E-state index contributed by atoms with van der Waals surface area (Å²) in [7, 11) is -3.04. The van der Waals surface area contributed by atoms with E-state index in [0.29, 0.717) is 41.7 Å². The van der Waals surface area contributed by atoms with E-state index in [2.05, 4.69) is 50.4 Å². The van der Waals surface area contributed by atoms with E-state index in [9.17, 15) is 9.59 Å². The molecule has 1 atom stereocenters. The molecule has 0 fully saturated rings. The van der Waals surface area contributed by atoms with Gasteiger partial charge in [-0.15, -0.1) is 0 Å². The number of carbonyl (C=O) groups is 2. The molecule has 0 bridgehead atoms. The molecule has 5 aromatic carbocycles. The van der Waals surface area contributed by atoms with Gasteiger partial charge in [-0.05, 0) is 90.8 Å². The Hall–Kier alpha value is -4.89. The van der Waals surface area contributed by atoms with Gasteiger partial charge in [-0.3, -0.25) is 0 Å². The summed E-state index contributed by atoms with van der Waals surface area (Å²) in [5.74, 6) is 1.90. The molecule has 9 heteroatoms. The van der Waals surface area contributed by atoms with Crippen LogP contribution in [0.3, 0.4) is 0 Å². The third-order valence-electron chi connectivity index (χ3n) is 9.32. The standard InChI is InChI=1S/C46H52ClNO6Si/c1-44(2,3)54-43(50)48-46(33-49,34-52-55(45(4,5)6,40-23-12-8-13-24-40)41-25-14-9-15-26-41)29-17-20-36-27-28-39(31-42(36)47)53-38-22-16-21-37(30-38)51-32-35-18-10-7-11-19-35/h7-16,18-19,21-28,30-31,33H,17,20,29,32,34H2,1-6H3,(H,48,50). The lowest BCUT2D eigenvalue weighted by molar-refractivity contribution is -0.115. The van der Waals surface area contributed by atoms with Crippen molar-refractivity contribution < 1.29 is 28.2 Å². The lowest BCUT2D eigenvalue weighted by Gasteiger charge is -2.45. The molecule has 5 rings (SSSR count). The van der Waals surface area contributed by atoms with Gasteiger partial charge in [0.1, 0.15) is 41.3 Å². The maximum absolute atomic E-state index is 13.3. The zero-order valence-corrected chi connectivity index (χ0v) is 34.4. The summed E-state index contributed by atoms with van der Waals surface area (Å²) in [5, 5.41) is 5.29. The molecule has 0 heterocycles. The van der Waals surface area contributed by atoms with E-state index in [-0.39, 0.29) is 18.1 Å². The molecule has 0 aliphatic carbocycles. The second-order valence-corrected chi connectivity index (χ2v) is 20.5. The zero-order valence-electron chi connectivity index (χ0n) is 32.6. The molecule has 0 radical (unpaired) electrons. The topological polar surface area (TPSA) is 83.1 Å². The smallest absolute Gasteiger partial charge is 0.408 e. The second kappa shape index (κ2) is 18.2. The SMILES string of the molecule is CC(C)(C)OC(=O)NC(C=O)(CCCc1ccc(Oc2cccc(OCc3ccccc3)c2)cc1Cl)CO[Si](c1ccccc1)(c1ccccc1)C(C)(C)C. The van der Waals surface area contributed by atoms with Crippen LogP contribution >= 0.6 is 11.6 Å². The van der Waals surface area contributed by atoms with E-state index in [1.807, 2.05) is 103 Å². The van der Waals surface area contributed by atoms with Gasteiger partial charge in [-0.25, -0.2) is 4.79 Å². The Labute approximate surface area is 332 Å². The van der Waals surface area contributed by atoms with Crippen molar-refractivity contribution >= 4 is 42.7 Å². The van der Waals surface area contributed by atoms with Gasteiger partial charge < -0.3 is 28.7 Å². The summed E-state index contributed by atoms with van der Waals surface area (Å²) in [6, 6.07) is 43.5. The first-order valence-corrected chi connectivity index (χ1v) is 21.0.